The van der Waals surface area contributed by atoms with E-state index in [4.69, 9.17) is 27.8 Å². The minimum absolute atomic E-state index is 0.572. The Kier molecular flexibility index (Phi) is 19.8. The Morgan fingerprint density at radius 3 is 0.898 bits per heavy atom. The summed E-state index contributed by atoms with van der Waals surface area (Å²) >= 11 is 0. The minimum atomic E-state index is -1.97. The maximum Gasteiger partial charge on any atom is 0.530 e. The molecule has 0 aliphatic carbocycles. The predicted octanol–water partition coefficient (Wildman–Crippen LogP) is 13.2. The Hall–Kier alpha value is -3.11. The number of unbranched alkanes of at least 4 members (excludes halogenated alkanes) is 6. The van der Waals surface area contributed by atoms with Gasteiger partial charge in [-0.15, -0.1) is 0 Å². The number of hydrogen-bond acceptors (Lipinski definition) is 6. The fourth-order valence-electron chi connectivity index (χ4n) is 5.27. The van der Waals surface area contributed by atoms with E-state index in [0.717, 1.165) is 56.3 Å². The Balaban J connectivity index is 1.73. The van der Waals surface area contributed by atoms with Crippen LogP contribution in [0.5, 0.6) is 34.5 Å². The average molecular weight is 695 g/mol. The van der Waals surface area contributed by atoms with E-state index in [0.29, 0.717) is 54.3 Å². The van der Waals surface area contributed by atoms with Crippen molar-refractivity contribution in [2.75, 3.05) is 19.8 Å². The van der Waals surface area contributed by atoms with Crippen LogP contribution in [0.1, 0.15) is 119 Å². The van der Waals surface area contributed by atoms with Gasteiger partial charge >= 0.3 is 8.60 Å². The van der Waals surface area contributed by atoms with E-state index >= 15 is 0 Å². The first-order valence-corrected chi connectivity index (χ1v) is 19.9. The van der Waals surface area contributed by atoms with Crippen molar-refractivity contribution in [2.45, 2.75) is 119 Å². The highest BCUT2D eigenvalue weighted by Gasteiger charge is 2.25. The largest absolute Gasteiger partial charge is 0.530 e. The van der Waals surface area contributed by atoms with Crippen molar-refractivity contribution >= 4 is 8.60 Å². The molecule has 0 atom stereocenters. The zero-order valence-electron chi connectivity index (χ0n) is 31.2. The van der Waals surface area contributed by atoms with Crippen LogP contribution >= 0.6 is 8.60 Å². The SMILES string of the molecule is CC(C)CCCCCOc1ccccc1OP(Oc1ccccc1OCCCCCC(C)C)Oc1ccccc1OCCCCCC(C)C. The van der Waals surface area contributed by atoms with Crippen LogP contribution < -0.4 is 27.8 Å². The molecule has 3 aromatic rings. The lowest BCUT2D eigenvalue weighted by molar-refractivity contribution is 0.277. The number of benzene rings is 3. The van der Waals surface area contributed by atoms with Gasteiger partial charge in [0.1, 0.15) is 0 Å². The van der Waals surface area contributed by atoms with Gasteiger partial charge in [0.05, 0.1) is 19.8 Å². The van der Waals surface area contributed by atoms with Gasteiger partial charge in [0.15, 0.2) is 34.5 Å². The van der Waals surface area contributed by atoms with Crippen LogP contribution in [-0.2, 0) is 0 Å². The summed E-state index contributed by atoms with van der Waals surface area (Å²) in [4.78, 5) is 0. The third-order valence-electron chi connectivity index (χ3n) is 8.12. The first-order chi connectivity index (χ1) is 23.8. The molecule has 6 nitrogen and oxygen atoms in total. The molecule has 0 fully saturated rings. The molecule has 0 unspecified atom stereocenters. The molecule has 0 aromatic heterocycles. The summed E-state index contributed by atoms with van der Waals surface area (Å²) in [6.07, 6.45) is 13.8. The smallest absolute Gasteiger partial charge is 0.490 e. The highest BCUT2D eigenvalue weighted by atomic mass is 31.2. The lowest BCUT2D eigenvalue weighted by atomic mass is 10.1. The Morgan fingerprint density at radius 2 is 0.633 bits per heavy atom. The van der Waals surface area contributed by atoms with Gasteiger partial charge in [-0.25, -0.2) is 0 Å². The molecular formula is C42H63O6P. The van der Waals surface area contributed by atoms with Crippen LogP contribution in [0.2, 0.25) is 0 Å². The summed E-state index contributed by atoms with van der Waals surface area (Å²) in [7, 11) is -1.97. The molecule has 0 heterocycles. The van der Waals surface area contributed by atoms with Crippen molar-refractivity contribution in [3.63, 3.8) is 0 Å². The molecule has 0 spiro atoms. The van der Waals surface area contributed by atoms with Crippen molar-refractivity contribution in [3.05, 3.63) is 72.8 Å². The molecule has 0 N–H and O–H groups in total. The van der Waals surface area contributed by atoms with Crippen molar-refractivity contribution in [1.82, 2.24) is 0 Å². The van der Waals surface area contributed by atoms with Crippen LogP contribution in [-0.4, -0.2) is 19.8 Å². The molecule has 3 aromatic carbocycles. The molecule has 0 aliphatic heterocycles. The van der Waals surface area contributed by atoms with E-state index in [1.165, 1.54) is 38.5 Å². The maximum absolute atomic E-state index is 6.52. The van der Waals surface area contributed by atoms with Crippen LogP contribution in [0, 0.1) is 17.8 Å². The molecule has 49 heavy (non-hydrogen) atoms. The van der Waals surface area contributed by atoms with Gasteiger partial charge in [-0.2, -0.15) is 0 Å². The summed E-state index contributed by atoms with van der Waals surface area (Å²) in [5, 5.41) is 0. The van der Waals surface area contributed by atoms with Crippen molar-refractivity contribution in [3.8, 4) is 34.5 Å². The number of ether oxygens (including phenoxy) is 3. The normalized spacial score (nSPS) is 11.4. The van der Waals surface area contributed by atoms with Gasteiger partial charge in [0.2, 0.25) is 0 Å². The highest BCUT2D eigenvalue weighted by Crippen LogP contribution is 2.48. The fraction of sp³-hybridized carbons (Fsp3) is 0.571. The van der Waals surface area contributed by atoms with Crippen molar-refractivity contribution in [2.24, 2.45) is 17.8 Å². The van der Waals surface area contributed by atoms with Gasteiger partial charge in [0.25, 0.3) is 0 Å². The van der Waals surface area contributed by atoms with Crippen LogP contribution in [0.4, 0.5) is 0 Å². The molecule has 3 rings (SSSR count). The molecule has 7 heteroatoms. The first kappa shape index (κ1) is 40.3. The second-order valence-corrected chi connectivity index (χ2v) is 15.1. The molecule has 0 saturated heterocycles. The zero-order chi connectivity index (χ0) is 35.1. The van der Waals surface area contributed by atoms with Gasteiger partial charge in [0, 0.05) is 0 Å². The minimum Gasteiger partial charge on any atom is -0.490 e. The second-order valence-electron chi connectivity index (χ2n) is 14.1. The highest BCUT2D eigenvalue weighted by molar-refractivity contribution is 7.43. The van der Waals surface area contributed by atoms with E-state index in [1.807, 2.05) is 72.8 Å². The van der Waals surface area contributed by atoms with Crippen molar-refractivity contribution < 1.29 is 27.8 Å². The topological polar surface area (TPSA) is 55.4 Å². The van der Waals surface area contributed by atoms with Gasteiger partial charge in [-0.1, -0.05) is 136 Å². The molecule has 0 bridgehead atoms. The Morgan fingerprint density at radius 1 is 0.367 bits per heavy atom. The summed E-state index contributed by atoms with van der Waals surface area (Å²) < 4.78 is 38.2. The standard InChI is InChI=1S/C42H63O6P/c1-34(2)22-10-7-19-31-43-37-25-13-16-28-40(37)46-49(47-41-29-17-14-26-38(41)44-32-20-8-11-23-35(3)4)48-42-30-18-15-27-39(42)45-33-21-9-12-24-36(5)6/h13-18,25-30,34-36H,7-12,19-24,31-33H2,1-6H3. The lowest BCUT2D eigenvalue weighted by Crippen LogP contribution is -2.07. The van der Waals surface area contributed by atoms with E-state index < -0.39 is 8.60 Å². The third-order valence-corrected chi connectivity index (χ3v) is 9.15. The predicted molar refractivity (Wildman–Crippen MR) is 205 cm³/mol. The molecule has 0 radical (unpaired) electrons. The number of rotatable bonds is 27. The van der Waals surface area contributed by atoms with E-state index in [-0.39, 0.29) is 0 Å². The molecule has 0 amide bonds. The fourth-order valence-corrected chi connectivity index (χ4v) is 6.32. The van der Waals surface area contributed by atoms with Gasteiger partial charge in [-0.05, 0) is 73.4 Å². The van der Waals surface area contributed by atoms with Crippen LogP contribution in [0.15, 0.2) is 72.8 Å². The number of hydrogen-bond donors (Lipinski definition) is 0. The summed E-state index contributed by atoms with van der Waals surface area (Å²) in [6.45, 7) is 15.5. The monoisotopic (exact) mass is 694 g/mol. The first-order valence-electron chi connectivity index (χ1n) is 18.8. The van der Waals surface area contributed by atoms with Crippen molar-refractivity contribution in [1.29, 1.82) is 0 Å². The summed E-state index contributed by atoms with van der Waals surface area (Å²) in [5.41, 5.74) is 0. The van der Waals surface area contributed by atoms with E-state index in [9.17, 15) is 0 Å². The number of para-hydroxylation sites is 6. The molecular weight excluding hydrogens is 631 g/mol. The molecule has 272 valence electrons. The third kappa shape index (κ3) is 17.4. The lowest BCUT2D eigenvalue weighted by Gasteiger charge is -2.22. The zero-order valence-corrected chi connectivity index (χ0v) is 32.1. The Labute approximate surface area is 299 Å². The van der Waals surface area contributed by atoms with Crippen LogP contribution in [0.25, 0.3) is 0 Å². The molecule has 0 aliphatic rings. The maximum atomic E-state index is 6.52. The van der Waals surface area contributed by atoms with Gasteiger partial charge < -0.3 is 27.8 Å². The summed E-state index contributed by atoms with van der Waals surface area (Å²) in [5.74, 6) is 5.90. The quantitative estimate of drug-likeness (QED) is 0.0585. The van der Waals surface area contributed by atoms with Gasteiger partial charge in [-0.3, -0.25) is 0 Å². The summed E-state index contributed by atoms with van der Waals surface area (Å²) in [6, 6.07) is 23.2. The average Bonchev–Trinajstić information content (AvgIpc) is 3.07. The van der Waals surface area contributed by atoms with E-state index in [1.54, 1.807) is 0 Å². The van der Waals surface area contributed by atoms with E-state index in [2.05, 4.69) is 41.5 Å². The van der Waals surface area contributed by atoms with Crippen LogP contribution in [0.3, 0.4) is 0 Å². The second kappa shape index (κ2) is 24.1. The molecule has 0 saturated carbocycles. The Bertz CT molecular complexity index is 1120.